The van der Waals surface area contributed by atoms with E-state index in [0.29, 0.717) is 16.1 Å². The fourth-order valence-corrected chi connectivity index (χ4v) is 2.74. The highest BCUT2D eigenvalue weighted by Crippen LogP contribution is 2.42. The molecular formula is C14H7Cl3N2O2. The molecule has 0 aliphatic rings. The van der Waals surface area contributed by atoms with Crippen molar-refractivity contribution >= 4 is 40.5 Å². The van der Waals surface area contributed by atoms with Crippen molar-refractivity contribution in [1.82, 2.24) is 0 Å². The van der Waals surface area contributed by atoms with Gasteiger partial charge in [0.25, 0.3) is 5.69 Å². The Labute approximate surface area is 135 Å². The number of halogens is 3. The molecule has 0 spiro atoms. The molecule has 2 aromatic carbocycles. The standard InChI is InChI=1S/C14H7Cl3N2O2/c15-9-3-1-8(2-4-9)13-12(19(20)21)7-11(16)10(5-6-18)14(13)17/h1-4,7H,5H2. The summed E-state index contributed by atoms with van der Waals surface area (Å²) in [5, 5.41) is 20.8. The first kappa shape index (κ1) is 15.6. The van der Waals surface area contributed by atoms with Gasteiger partial charge in [0.2, 0.25) is 0 Å². The van der Waals surface area contributed by atoms with Gasteiger partial charge in [-0.25, -0.2) is 0 Å². The predicted molar refractivity (Wildman–Crippen MR) is 82.9 cm³/mol. The summed E-state index contributed by atoms with van der Waals surface area (Å²) < 4.78 is 0. The minimum atomic E-state index is -0.558. The largest absolute Gasteiger partial charge is 0.280 e. The minimum absolute atomic E-state index is 0.0315. The molecule has 7 heteroatoms. The van der Waals surface area contributed by atoms with Gasteiger partial charge < -0.3 is 0 Å². The fourth-order valence-electron chi connectivity index (χ4n) is 1.92. The molecule has 0 saturated carbocycles. The molecule has 0 bridgehead atoms. The number of nitro benzene ring substituents is 1. The van der Waals surface area contributed by atoms with Gasteiger partial charge >= 0.3 is 0 Å². The number of nitrogens with zero attached hydrogens (tertiary/aromatic N) is 2. The summed E-state index contributed by atoms with van der Waals surface area (Å²) in [6.45, 7) is 0. The van der Waals surface area contributed by atoms with Crippen molar-refractivity contribution in [3.05, 3.63) is 61.1 Å². The predicted octanol–water partition coefficient (Wildman–Crippen LogP) is 5.29. The van der Waals surface area contributed by atoms with Crippen LogP contribution in [-0.2, 0) is 6.42 Å². The number of hydrogen-bond acceptors (Lipinski definition) is 3. The van der Waals surface area contributed by atoms with E-state index < -0.39 is 4.92 Å². The Morgan fingerprint density at radius 2 is 1.81 bits per heavy atom. The van der Waals surface area contributed by atoms with Crippen LogP contribution in [0.15, 0.2) is 30.3 Å². The summed E-state index contributed by atoms with van der Waals surface area (Å²) >= 11 is 18.0. The monoisotopic (exact) mass is 340 g/mol. The van der Waals surface area contributed by atoms with E-state index in [1.807, 2.05) is 6.07 Å². The van der Waals surface area contributed by atoms with Crippen LogP contribution in [0.5, 0.6) is 0 Å². The molecule has 0 saturated heterocycles. The average Bonchev–Trinajstić information content (AvgIpc) is 2.44. The summed E-state index contributed by atoms with van der Waals surface area (Å²) in [7, 11) is 0. The molecule has 0 aromatic heterocycles. The Bertz CT molecular complexity index is 752. The Morgan fingerprint density at radius 1 is 1.19 bits per heavy atom. The number of nitriles is 1. The van der Waals surface area contributed by atoms with Gasteiger partial charge in [-0.15, -0.1) is 0 Å². The van der Waals surface area contributed by atoms with Crippen molar-refractivity contribution in [2.24, 2.45) is 0 Å². The smallest absolute Gasteiger partial charge is 0.258 e. The van der Waals surface area contributed by atoms with E-state index in [-0.39, 0.29) is 27.7 Å². The second-order valence-electron chi connectivity index (χ2n) is 4.14. The molecule has 0 radical (unpaired) electrons. The molecule has 0 aliphatic heterocycles. The SMILES string of the molecule is N#CCc1c(Cl)cc([N+](=O)[O-])c(-c2ccc(Cl)cc2)c1Cl. The summed E-state index contributed by atoms with van der Waals surface area (Å²) in [5.41, 5.74) is 0.922. The average molecular weight is 342 g/mol. The van der Waals surface area contributed by atoms with Gasteiger partial charge in [0, 0.05) is 16.7 Å². The molecule has 0 fully saturated rings. The molecule has 21 heavy (non-hydrogen) atoms. The lowest BCUT2D eigenvalue weighted by molar-refractivity contribution is -0.384. The van der Waals surface area contributed by atoms with Crippen LogP contribution in [-0.4, -0.2) is 4.92 Å². The quantitative estimate of drug-likeness (QED) is 0.563. The highest BCUT2D eigenvalue weighted by Gasteiger charge is 2.24. The highest BCUT2D eigenvalue weighted by atomic mass is 35.5. The molecule has 0 atom stereocenters. The van der Waals surface area contributed by atoms with Crippen LogP contribution in [0.2, 0.25) is 15.1 Å². The topological polar surface area (TPSA) is 66.9 Å². The van der Waals surface area contributed by atoms with Crippen molar-refractivity contribution in [2.75, 3.05) is 0 Å². The van der Waals surface area contributed by atoms with Gasteiger partial charge in [-0.05, 0) is 17.7 Å². The van der Waals surface area contributed by atoms with E-state index in [0.717, 1.165) is 0 Å². The maximum absolute atomic E-state index is 11.2. The van der Waals surface area contributed by atoms with E-state index >= 15 is 0 Å². The van der Waals surface area contributed by atoms with Crippen molar-refractivity contribution in [2.45, 2.75) is 6.42 Å². The second kappa shape index (κ2) is 6.31. The first-order valence-corrected chi connectivity index (χ1v) is 6.87. The van der Waals surface area contributed by atoms with Crippen LogP contribution < -0.4 is 0 Å². The lowest BCUT2D eigenvalue weighted by atomic mass is 9.99. The van der Waals surface area contributed by atoms with E-state index in [1.54, 1.807) is 24.3 Å². The van der Waals surface area contributed by atoms with Gasteiger partial charge in [0.15, 0.2) is 0 Å². The Balaban J connectivity index is 2.78. The van der Waals surface area contributed by atoms with Crippen LogP contribution in [0.3, 0.4) is 0 Å². The van der Waals surface area contributed by atoms with Crippen LogP contribution in [0.4, 0.5) is 5.69 Å². The summed E-state index contributed by atoms with van der Waals surface area (Å²) in [5.74, 6) is 0. The molecule has 0 N–H and O–H groups in total. The Hall–Kier alpha value is -1.80. The highest BCUT2D eigenvalue weighted by molar-refractivity contribution is 6.38. The summed E-state index contributed by atoms with van der Waals surface area (Å²) in [4.78, 5) is 10.7. The zero-order valence-electron chi connectivity index (χ0n) is 10.4. The molecule has 2 rings (SSSR count). The first-order valence-electron chi connectivity index (χ1n) is 5.74. The molecule has 0 unspecified atom stereocenters. The van der Waals surface area contributed by atoms with E-state index in [9.17, 15) is 10.1 Å². The van der Waals surface area contributed by atoms with Gasteiger partial charge in [-0.2, -0.15) is 5.26 Å². The van der Waals surface area contributed by atoms with Gasteiger partial charge in [-0.1, -0.05) is 46.9 Å². The van der Waals surface area contributed by atoms with Crippen LogP contribution in [0.25, 0.3) is 11.1 Å². The molecule has 4 nitrogen and oxygen atoms in total. The normalized spacial score (nSPS) is 10.2. The van der Waals surface area contributed by atoms with Crippen LogP contribution >= 0.6 is 34.8 Å². The van der Waals surface area contributed by atoms with Gasteiger partial charge in [0.05, 0.1) is 33.0 Å². The zero-order chi connectivity index (χ0) is 15.6. The number of benzene rings is 2. The number of hydrogen-bond donors (Lipinski definition) is 0. The second-order valence-corrected chi connectivity index (χ2v) is 5.37. The van der Waals surface area contributed by atoms with Crippen molar-refractivity contribution < 1.29 is 4.92 Å². The maximum atomic E-state index is 11.2. The molecule has 0 amide bonds. The van der Waals surface area contributed by atoms with Crippen LogP contribution in [0.1, 0.15) is 5.56 Å². The molecule has 0 heterocycles. The Kier molecular flexibility index (Phi) is 4.69. The fraction of sp³-hybridized carbons (Fsp3) is 0.0714. The third kappa shape index (κ3) is 3.11. The van der Waals surface area contributed by atoms with E-state index in [4.69, 9.17) is 40.1 Å². The third-order valence-electron chi connectivity index (χ3n) is 2.88. The van der Waals surface area contributed by atoms with E-state index in [2.05, 4.69) is 0 Å². The zero-order valence-corrected chi connectivity index (χ0v) is 12.7. The number of nitro groups is 1. The van der Waals surface area contributed by atoms with Crippen molar-refractivity contribution in [3.63, 3.8) is 0 Å². The van der Waals surface area contributed by atoms with Gasteiger partial charge in [0.1, 0.15) is 0 Å². The van der Waals surface area contributed by atoms with Gasteiger partial charge in [-0.3, -0.25) is 10.1 Å². The molecule has 0 aliphatic carbocycles. The number of rotatable bonds is 3. The molecule has 106 valence electrons. The molecular weight excluding hydrogens is 335 g/mol. The minimum Gasteiger partial charge on any atom is -0.258 e. The lowest BCUT2D eigenvalue weighted by Gasteiger charge is -2.11. The summed E-state index contributed by atoms with van der Waals surface area (Å²) in [6, 6.07) is 9.62. The first-order chi connectivity index (χ1) is 9.95. The lowest BCUT2D eigenvalue weighted by Crippen LogP contribution is -1.97. The Morgan fingerprint density at radius 3 is 2.33 bits per heavy atom. The van der Waals surface area contributed by atoms with Crippen LogP contribution in [0, 0.1) is 21.4 Å². The maximum Gasteiger partial charge on any atom is 0.280 e. The van der Waals surface area contributed by atoms with Crippen molar-refractivity contribution in [3.8, 4) is 17.2 Å². The molecule has 2 aromatic rings. The summed E-state index contributed by atoms with van der Waals surface area (Å²) in [6.07, 6.45) is -0.0315. The van der Waals surface area contributed by atoms with E-state index in [1.165, 1.54) is 6.07 Å². The van der Waals surface area contributed by atoms with Crippen molar-refractivity contribution in [1.29, 1.82) is 5.26 Å². The third-order valence-corrected chi connectivity index (χ3v) is 3.88.